The number of nitrogens with zero attached hydrogens (tertiary/aromatic N) is 1. The van der Waals surface area contributed by atoms with Crippen LogP contribution in [0.4, 0.5) is 19.3 Å². The minimum Gasteiger partial charge on any atom is -0.447 e. The number of nitrogens with one attached hydrogen (secondary N) is 1. The zero-order valence-corrected chi connectivity index (χ0v) is 26.5. The molecule has 0 aromatic heterocycles. The number of halogens is 2. The van der Waals surface area contributed by atoms with E-state index in [1.54, 1.807) is 12.1 Å². The summed E-state index contributed by atoms with van der Waals surface area (Å²) in [6, 6.07) is 19.8. The maximum absolute atomic E-state index is 13.3. The van der Waals surface area contributed by atoms with E-state index in [4.69, 9.17) is 14.0 Å². The molecule has 2 aliphatic heterocycles. The number of benzene rings is 3. The summed E-state index contributed by atoms with van der Waals surface area (Å²) in [6.07, 6.45) is 9.56. The molecule has 1 atom stereocenters. The largest absolute Gasteiger partial charge is 0.494 e. The van der Waals surface area contributed by atoms with E-state index in [1.807, 2.05) is 64.1 Å². The second kappa shape index (κ2) is 15.7. The topological polar surface area (TPSA) is 77.1 Å². The fourth-order valence-electron chi connectivity index (χ4n) is 4.71. The molecular weight excluding hydrogens is 577 g/mol. The first-order chi connectivity index (χ1) is 21.4. The molecule has 0 saturated carbocycles. The highest BCUT2D eigenvalue weighted by atomic mass is 19.1. The number of cyclic esters (lactones) is 1. The number of aryl methyl sites for hydroxylation is 1. The number of ether oxygens (including phenoxy) is 1. The van der Waals surface area contributed by atoms with Crippen LogP contribution in [-0.4, -0.2) is 48.4 Å². The first kappa shape index (κ1) is 35.3. The number of amides is 2. The molecule has 2 fully saturated rings. The molecule has 5 rings (SSSR count). The summed E-state index contributed by atoms with van der Waals surface area (Å²) < 4.78 is 42.8. The lowest BCUT2D eigenvalue weighted by molar-refractivity contribution is -0.128. The van der Waals surface area contributed by atoms with E-state index in [0.29, 0.717) is 5.69 Å². The van der Waals surface area contributed by atoms with Crippen molar-refractivity contribution in [1.82, 2.24) is 4.90 Å². The Hall–Kier alpha value is -4.20. The van der Waals surface area contributed by atoms with Crippen LogP contribution in [-0.2, 0) is 25.3 Å². The number of hydrogen-bond donors (Lipinski definition) is 1. The van der Waals surface area contributed by atoms with Gasteiger partial charge in [0.25, 0.3) is 0 Å². The molecule has 2 saturated heterocycles. The van der Waals surface area contributed by atoms with Crippen LogP contribution in [0.15, 0.2) is 72.8 Å². The number of anilines is 1. The van der Waals surface area contributed by atoms with Crippen LogP contribution in [0.5, 0.6) is 0 Å². The minimum atomic E-state index is -0.628. The normalized spacial score (nSPS) is 16.9. The minimum absolute atomic E-state index is 0.0301. The summed E-state index contributed by atoms with van der Waals surface area (Å²) in [5.74, 6) is -0.841. The van der Waals surface area contributed by atoms with Crippen LogP contribution in [0.25, 0.3) is 0 Å². The highest BCUT2D eigenvalue weighted by molar-refractivity contribution is 6.62. The Kier molecular flexibility index (Phi) is 12.3. The Balaban J connectivity index is 0.000000389. The van der Waals surface area contributed by atoms with E-state index in [0.717, 1.165) is 28.8 Å². The monoisotopic (exact) mass is 618 g/mol. The molecule has 0 bridgehead atoms. The summed E-state index contributed by atoms with van der Waals surface area (Å²) in [5, 5.41) is 3.28. The van der Waals surface area contributed by atoms with Crippen LogP contribution in [0.1, 0.15) is 64.6 Å². The highest BCUT2D eigenvalue weighted by Crippen LogP contribution is 2.36. The third-order valence-electron chi connectivity index (χ3n) is 7.94. The van der Waals surface area contributed by atoms with E-state index < -0.39 is 30.5 Å². The lowest BCUT2D eigenvalue weighted by atomic mass is 9.78. The summed E-state index contributed by atoms with van der Waals surface area (Å²) >= 11 is 0. The highest BCUT2D eigenvalue weighted by Gasteiger charge is 2.51. The number of rotatable bonds is 8. The van der Waals surface area contributed by atoms with Crippen LogP contribution < -0.4 is 10.8 Å². The van der Waals surface area contributed by atoms with Crippen molar-refractivity contribution in [2.45, 2.75) is 71.1 Å². The number of hydrogen-bond acceptors (Lipinski definition) is 6. The van der Waals surface area contributed by atoms with E-state index >= 15 is 0 Å². The second-order valence-electron chi connectivity index (χ2n) is 11.7. The number of carbonyl (C=O) groups excluding carboxylic acids is 2. The van der Waals surface area contributed by atoms with Crippen molar-refractivity contribution in [2.24, 2.45) is 0 Å². The first-order valence-electron chi connectivity index (χ1n) is 14.9. The SMILES string of the molecule is C#C.CC1(C)OB(c2ccc([C@H](CC(=O)N3CCOC3=O)Nc3ccc(F)cc3)cc2)OC1(C)C.CCCc1ccc(F)cc1. The lowest BCUT2D eigenvalue weighted by Gasteiger charge is -2.32. The van der Waals surface area contributed by atoms with Gasteiger partial charge in [0.15, 0.2) is 0 Å². The zero-order chi connectivity index (χ0) is 33.2. The quantitative estimate of drug-likeness (QED) is 0.225. The van der Waals surface area contributed by atoms with Crippen LogP contribution in [0.2, 0.25) is 0 Å². The molecule has 0 unspecified atom stereocenters. The van der Waals surface area contributed by atoms with Gasteiger partial charge in [-0.3, -0.25) is 4.79 Å². The van der Waals surface area contributed by atoms with E-state index in [-0.39, 0.29) is 37.1 Å². The predicted molar refractivity (Wildman–Crippen MR) is 173 cm³/mol. The molecule has 0 aliphatic carbocycles. The number of imide groups is 1. The third-order valence-corrected chi connectivity index (χ3v) is 7.94. The standard InChI is InChI=1S/C24H28BFN2O5.C9H11F.C2H2/c1-23(2)24(3,4)33-25(32-23)17-7-5-16(6-8-17)20(27-19-11-9-18(26)10-12-19)15-21(29)28-13-14-31-22(28)30;1-2-3-8-4-6-9(10)7-5-8;1-2/h5-12,20,27H,13-15H2,1-4H3;4-7H,2-3H2,1H3;1-2H/t20-;;/m0../s1. The fourth-order valence-corrected chi connectivity index (χ4v) is 4.71. The molecule has 3 aromatic carbocycles. The summed E-state index contributed by atoms with van der Waals surface area (Å²) in [7, 11) is -0.492. The average molecular weight is 619 g/mol. The molecule has 10 heteroatoms. The molecule has 0 spiro atoms. The van der Waals surface area contributed by atoms with Gasteiger partial charge in [0.2, 0.25) is 5.91 Å². The van der Waals surface area contributed by atoms with Gasteiger partial charge in [-0.25, -0.2) is 18.5 Å². The van der Waals surface area contributed by atoms with Crippen molar-refractivity contribution < 1.29 is 32.4 Å². The van der Waals surface area contributed by atoms with Crippen molar-refractivity contribution >= 4 is 30.3 Å². The molecule has 7 nitrogen and oxygen atoms in total. The summed E-state index contributed by atoms with van der Waals surface area (Å²) in [4.78, 5) is 25.7. The van der Waals surface area contributed by atoms with E-state index in [1.165, 1.54) is 29.8 Å². The van der Waals surface area contributed by atoms with Gasteiger partial charge in [0, 0.05) is 5.69 Å². The lowest BCUT2D eigenvalue weighted by Crippen LogP contribution is -2.41. The van der Waals surface area contributed by atoms with Crippen molar-refractivity contribution in [1.29, 1.82) is 0 Å². The Labute approximate surface area is 265 Å². The molecule has 45 heavy (non-hydrogen) atoms. The van der Waals surface area contributed by atoms with Gasteiger partial charge in [-0.05, 0) is 87.1 Å². The maximum atomic E-state index is 13.3. The average Bonchev–Trinajstić information content (AvgIpc) is 3.55. The number of terminal acetylenes is 1. The van der Waals surface area contributed by atoms with Gasteiger partial charge in [0.1, 0.15) is 18.2 Å². The molecule has 2 heterocycles. The summed E-state index contributed by atoms with van der Waals surface area (Å²) in [5.41, 5.74) is 2.68. The molecule has 2 aliphatic rings. The van der Waals surface area contributed by atoms with Crippen molar-refractivity contribution in [2.75, 3.05) is 18.5 Å². The molecule has 0 radical (unpaired) electrons. The smallest absolute Gasteiger partial charge is 0.447 e. The third kappa shape index (κ3) is 9.40. The van der Waals surface area contributed by atoms with Gasteiger partial charge < -0.3 is 19.4 Å². The molecule has 238 valence electrons. The van der Waals surface area contributed by atoms with Gasteiger partial charge in [-0.2, -0.15) is 0 Å². The van der Waals surface area contributed by atoms with Crippen LogP contribution >= 0.6 is 0 Å². The van der Waals surface area contributed by atoms with Gasteiger partial charge in [-0.1, -0.05) is 49.7 Å². The second-order valence-corrected chi connectivity index (χ2v) is 11.7. The van der Waals surface area contributed by atoms with Gasteiger partial charge >= 0.3 is 13.2 Å². The van der Waals surface area contributed by atoms with Crippen LogP contribution in [0.3, 0.4) is 0 Å². The van der Waals surface area contributed by atoms with Crippen LogP contribution in [0, 0.1) is 24.5 Å². The predicted octanol–water partition coefficient (Wildman–Crippen LogP) is 6.67. The molecule has 3 aromatic rings. The fraction of sp³-hybridized carbons (Fsp3) is 0.371. The maximum Gasteiger partial charge on any atom is 0.494 e. The Bertz CT molecular complexity index is 1410. The molecule has 1 N–H and O–H groups in total. The van der Waals surface area contributed by atoms with E-state index in [2.05, 4.69) is 25.1 Å². The van der Waals surface area contributed by atoms with Gasteiger partial charge in [-0.15, -0.1) is 12.8 Å². The molecule has 2 amide bonds. The van der Waals surface area contributed by atoms with Gasteiger partial charge in [0.05, 0.1) is 30.2 Å². The van der Waals surface area contributed by atoms with E-state index in [9.17, 15) is 18.4 Å². The summed E-state index contributed by atoms with van der Waals surface area (Å²) in [6.45, 7) is 10.5. The van der Waals surface area contributed by atoms with Crippen molar-refractivity contribution in [3.63, 3.8) is 0 Å². The Morgan fingerprint density at radius 1 is 0.911 bits per heavy atom. The number of carbonyl (C=O) groups is 2. The molecular formula is C35H41BF2N2O5. The van der Waals surface area contributed by atoms with Crippen molar-refractivity contribution in [3.8, 4) is 12.8 Å². The van der Waals surface area contributed by atoms with Crippen molar-refractivity contribution in [3.05, 3.63) is 95.6 Å². The first-order valence-corrected chi connectivity index (χ1v) is 14.9. The zero-order valence-electron chi connectivity index (χ0n) is 26.5. The Morgan fingerprint density at radius 2 is 1.44 bits per heavy atom. The Morgan fingerprint density at radius 3 is 1.93 bits per heavy atom.